The summed E-state index contributed by atoms with van der Waals surface area (Å²) >= 11 is 0. The van der Waals surface area contributed by atoms with Crippen molar-refractivity contribution in [3.63, 3.8) is 0 Å². The second-order valence-electron chi connectivity index (χ2n) is 5.50. The third kappa shape index (κ3) is 4.03. The highest BCUT2D eigenvalue weighted by Gasteiger charge is 2.11. The van der Waals surface area contributed by atoms with Crippen LogP contribution in [0.4, 0.5) is 4.39 Å². The molecule has 6 heteroatoms. The lowest BCUT2D eigenvalue weighted by molar-refractivity contribution is 0.0950. The fourth-order valence-corrected chi connectivity index (χ4v) is 2.54. The summed E-state index contributed by atoms with van der Waals surface area (Å²) in [6, 6.07) is 13.8. The molecule has 1 aromatic heterocycles. The molecule has 2 aromatic carbocycles. The summed E-state index contributed by atoms with van der Waals surface area (Å²) in [7, 11) is 1.38. The Bertz CT molecular complexity index is 863. The number of nitrogens with zero attached hydrogens (tertiary/aromatic N) is 2. The van der Waals surface area contributed by atoms with Crippen LogP contribution < -0.4 is 10.1 Å². The Balaban J connectivity index is 1.69. The van der Waals surface area contributed by atoms with E-state index in [4.69, 9.17) is 4.74 Å². The van der Waals surface area contributed by atoms with Crippen molar-refractivity contribution >= 4 is 5.91 Å². The maximum absolute atomic E-state index is 13.7. The molecular weight excluding hydrogens is 321 g/mol. The van der Waals surface area contributed by atoms with Crippen molar-refractivity contribution < 1.29 is 13.9 Å². The van der Waals surface area contributed by atoms with Gasteiger partial charge in [-0.05, 0) is 35.4 Å². The molecule has 0 saturated heterocycles. The minimum Gasteiger partial charge on any atom is -0.494 e. The van der Waals surface area contributed by atoms with Crippen molar-refractivity contribution in [1.29, 1.82) is 0 Å². The Morgan fingerprint density at radius 2 is 2.00 bits per heavy atom. The van der Waals surface area contributed by atoms with E-state index in [0.717, 1.165) is 11.1 Å². The Hall–Kier alpha value is -3.15. The number of ether oxygens (including phenoxy) is 1. The van der Waals surface area contributed by atoms with E-state index >= 15 is 0 Å². The lowest BCUT2D eigenvalue weighted by atomic mass is 10.1. The maximum atomic E-state index is 13.7. The van der Waals surface area contributed by atoms with Gasteiger partial charge in [0.1, 0.15) is 0 Å². The minimum atomic E-state index is -0.561. The zero-order chi connectivity index (χ0) is 17.6. The molecule has 0 fully saturated rings. The first kappa shape index (κ1) is 16.7. The predicted octanol–water partition coefficient (Wildman–Crippen LogP) is 3.01. The van der Waals surface area contributed by atoms with Crippen LogP contribution in [0, 0.1) is 5.82 Å². The van der Waals surface area contributed by atoms with Crippen LogP contribution in [0.3, 0.4) is 0 Å². The average molecular weight is 339 g/mol. The number of rotatable bonds is 6. The number of carbonyl (C=O) groups is 1. The van der Waals surface area contributed by atoms with Gasteiger partial charge in [0.25, 0.3) is 5.91 Å². The first-order chi connectivity index (χ1) is 12.2. The van der Waals surface area contributed by atoms with Gasteiger partial charge in [0.15, 0.2) is 11.6 Å². The highest BCUT2D eigenvalue weighted by molar-refractivity contribution is 5.94. The molecule has 0 saturated carbocycles. The van der Waals surface area contributed by atoms with Crippen molar-refractivity contribution in [2.45, 2.75) is 13.1 Å². The lowest BCUT2D eigenvalue weighted by Crippen LogP contribution is -2.23. The van der Waals surface area contributed by atoms with Crippen LogP contribution in [0.5, 0.6) is 5.75 Å². The van der Waals surface area contributed by atoms with Gasteiger partial charge in [0.05, 0.1) is 13.7 Å². The van der Waals surface area contributed by atoms with Crippen LogP contribution in [-0.2, 0) is 13.1 Å². The monoisotopic (exact) mass is 339 g/mol. The number of hydrogen-bond acceptors (Lipinski definition) is 3. The van der Waals surface area contributed by atoms with Crippen LogP contribution in [0.1, 0.15) is 21.5 Å². The van der Waals surface area contributed by atoms with Gasteiger partial charge < -0.3 is 10.1 Å². The van der Waals surface area contributed by atoms with Gasteiger partial charge >= 0.3 is 0 Å². The van der Waals surface area contributed by atoms with E-state index in [2.05, 4.69) is 10.4 Å². The average Bonchev–Trinajstić information content (AvgIpc) is 3.13. The van der Waals surface area contributed by atoms with Gasteiger partial charge in [-0.3, -0.25) is 9.48 Å². The van der Waals surface area contributed by atoms with Crippen LogP contribution in [-0.4, -0.2) is 22.8 Å². The molecule has 128 valence electrons. The summed E-state index contributed by atoms with van der Waals surface area (Å²) < 4.78 is 20.4. The molecule has 0 atom stereocenters. The molecule has 0 aliphatic heterocycles. The first-order valence-electron chi connectivity index (χ1n) is 7.83. The molecule has 0 radical (unpaired) electrons. The van der Waals surface area contributed by atoms with E-state index < -0.39 is 5.82 Å². The Morgan fingerprint density at radius 3 is 2.68 bits per heavy atom. The summed E-state index contributed by atoms with van der Waals surface area (Å²) in [5.74, 6) is -0.786. The van der Waals surface area contributed by atoms with Gasteiger partial charge in [-0.25, -0.2) is 4.39 Å². The molecule has 0 aliphatic rings. The summed E-state index contributed by atoms with van der Waals surface area (Å²) in [6.07, 6.45) is 3.61. The Kier molecular flexibility index (Phi) is 5.09. The molecule has 0 spiro atoms. The molecule has 3 rings (SSSR count). The van der Waals surface area contributed by atoms with Crippen molar-refractivity contribution in [2.75, 3.05) is 7.11 Å². The van der Waals surface area contributed by atoms with Gasteiger partial charge in [0.2, 0.25) is 0 Å². The summed E-state index contributed by atoms with van der Waals surface area (Å²) in [6.45, 7) is 0.972. The minimum absolute atomic E-state index is 0.112. The number of halogens is 1. The van der Waals surface area contributed by atoms with E-state index in [-0.39, 0.29) is 17.2 Å². The van der Waals surface area contributed by atoms with Crippen LogP contribution >= 0.6 is 0 Å². The maximum Gasteiger partial charge on any atom is 0.251 e. The second-order valence-corrected chi connectivity index (χ2v) is 5.50. The Morgan fingerprint density at radius 1 is 1.20 bits per heavy atom. The van der Waals surface area contributed by atoms with Crippen LogP contribution in [0.25, 0.3) is 0 Å². The third-order valence-electron chi connectivity index (χ3n) is 3.86. The zero-order valence-corrected chi connectivity index (χ0v) is 13.8. The number of benzene rings is 2. The lowest BCUT2D eigenvalue weighted by Gasteiger charge is -2.11. The molecule has 1 heterocycles. The van der Waals surface area contributed by atoms with E-state index in [1.165, 1.54) is 25.3 Å². The number of carbonyl (C=O) groups excluding carboxylic acids is 1. The summed E-state index contributed by atoms with van der Waals surface area (Å²) in [5.41, 5.74) is 2.30. The van der Waals surface area contributed by atoms with Crippen molar-refractivity contribution in [1.82, 2.24) is 15.1 Å². The van der Waals surface area contributed by atoms with Crippen molar-refractivity contribution in [3.8, 4) is 5.75 Å². The molecular formula is C19H18FN3O2. The van der Waals surface area contributed by atoms with Gasteiger partial charge in [-0.15, -0.1) is 0 Å². The Labute approximate surface area is 145 Å². The molecule has 0 bridgehead atoms. The van der Waals surface area contributed by atoms with Crippen LogP contribution in [0.15, 0.2) is 60.9 Å². The fourth-order valence-electron chi connectivity index (χ4n) is 2.54. The van der Waals surface area contributed by atoms with Crippen molar-refractivity contribution in [2.24, 2.45) is 0 Å². The molecule has 0 unspecified atom stereocenters. The van der Waals surface area contributed by atoms with Gasteiger partial charge in [-0.1, -0.05) is 24.3 Å². The third-order valence-corrected chi connectivity index (χ3v) is 3.86. The van der Waals surface area contributed by atoms with E-state index in [9.17, 15) is 9.18 Å². The highest BCUT2D eigenvalue weighted by atomic mass is 19.1. The largest absolute Gasteiger partial charge is 0.494 e. The van der Waals surface area contributed by atoms with Gasteiger partial charge in [0, 0.05) is 24.5 Å². The topological polar surface area (TPSA) is 56.1 Å². The second kappa shape index (κ2) is 7.61. The SMILES string of the molecule is COc1ccc(C(=O)NCc2ccccc2Cn2cccn2)cc1F. The molecule has 1 N–H and O–H groups in total. The number of methoxy groups -OCH3 is 1. The van der Waals surface area contributed by atoms with E-state index in [1.807, 2.05) is 41.2 Å². The number of nitrogens with one attached hydrogen (secondary N) is 1. The summed E-state index contributed by atoms with van der Waals surface area (Å²) in [5, 5.41) is 7.02. The standard InChI is InChI=1S/C19H18FN3O2/c1-25-18-8-7-14(11-17(18)20)19(24)21-12-15-5-2-3-6-16(15)13-23-10-4-9-22-23/h2-11H,12-13H2,1H3,(H,21,24). The molecule has 0 aliphatic carbocycles. The van der Waals surface area contributed by atoms with E-state index in [0.29, 0.717) is 13.1 Å². The number of amides is 1. The van der Waals surface area contributed by atoms with Crippen LogP contribution in [0.2, 0.25) is 0 Å². The quantitative estimate of drug-likeness (QED) is 0.751. The van der Waals surface area contributed by atoms with Crippen molar-refractivity contribution in [3.05, 3.63) is 83.4 Å². The number of aromatic nitrogens is 2. The highest BCUT2D eigenvalue weighted by Crippen LogP contribution is 2.18. The fraction of sp³-hybridized carbons (Fsp3) is 0.158. The van der Waals surface area contributed by atoms with Gasteiger partial charge in [-0.2, -0.15) is 5.10 Å². The normalized spacial score (nSPS) is 10.5. The number of hydrogen-bond donors (Lipinski definition) is 1. The van der Waals surface area contributed by atoms with E-state index in [1.54, 1.807) is 6.20 Å². The molecule has 3 aromatic rings. The smallest absolute Gasteiger partial charge is 0.251 e. The molecule has 5 nitrogen and oxygen atoms in total. The predicted molar refractivity (Wildman–Crippen MR) is 91.9 cm³/mol. The molecule has 25 heavy (non-hydrogen) atoms. The zero-order valence-electron chi connectivity index (χ0n) is 13.8. The first-order valence-corrected chi connectivity index (χ1v) is 7.83. The summed E-state index contributed by atoms with van der Waals surface area (Å²) in [4.78, 5) is 12.3. The molecule has 1 amide bonds.